The predicted octanol–water partition coefficient (Wildman–Crippen LogP) is 2.49. The zero-order chi connectivity index (χ0) is 12.4. The normalized spacial score (nSPS) is 28.9. The van der Waals surface area contributed by atoms with Gasteiger partial charge in [0.2, 0.25) is 0 Å². The lowest BCUT2D eigenvalue weighted by Gasteiger charge is -2.34. The van der Waals surface area contributed by atoms with Gasteiger partial charge in [-0.25, -0.2) is 4.79 Å². The van der Waals surface area contributed by atoms with Crippen molar-refractivity contribution in [3.63, 3.8) is 0 Å². The summed E-state index contributed by atoms with van der Waals surface area (Å²) in [7, 11) is 0. The molecule has 3 atom stereocenters. The number of aromatic carboxylic acids is 1. The fourth-order valence-corrected chi connectivity index (χ4v) is 2.67. The third-order valence-corrected chi connectivity index (χ3v) is 3.67. The average molecular weight is 233 g/mol. The van der Waals surface area contributed by atoms with Crippen molar-refractivity contribution in [2.45, 2.75) is 32.2 Å². The zero-order valence-electron chi connectivity index (χ0n) is 10.3. The van der Waals surface area contributed by atoms with Crippen LogP contribution in [0.15, 0.2) is 24.3 Å². The van der Waals surface area contributed by atoms with Gasteiger partial charge < -0.3 is 10.4 Å². The Morgan fingerprint density at radius 2 is 2.06 bits per heavy atom. The maximum Gasteiger partial charge on any atom is 0.335 e. The summed E-state index contributed by atoms with van der Waals surface area (Å²) < 4.78 is 0. The van der Waals surface area contributed by atoms with E-state index in [0.29, 0.717) is 23.4 Å². The van der Waals surface area contributed by atoms with Crippen LogP contribution in [0.2, 0.25) is 0 Å². The summed E-state index contributed by atoms with van der Waals surface area (Å²) in [6.07, 6.45) is 1.01. The van der Waals surface area contributed by atoms with Gasteiger partial charge in [-0.3, -0.25) is 0 Å². The van der Waals surface area contributed by atoms with Crippen LogP contribution in [0.4, 0.5) is 0 Å². The number of benzene rings is 1. The monoisotopic (exact) mass is 233 g/mol. The summed E-state index contributed by atoms with van der Waals surface area (Å²) in [5.74, 6) is 0.00392. The van der Waals surface area contributed by atoms with E-state index in [1.165, 1.54) is 0 Å². The Morgan fingerprint density at radius 1 is 1.35 bits per heavy atom. The zero-order valence-corrected chi connectivity index (χ0v) is 10.3. The smallest absolute Gasteiger partial charge is 0.335 e. The predicted molar refractivity (Wildman–Crippen MR) is 67.4 cm³/mol. The molecule has 1 aliphatic rings. The van der Waals surface area contributed by atoms with Crippen molar-refractivity contribution in [1.82, 2.24) is 5.32 Å². The standard InChI is InChI=1S/C14H19NO2/c1-9-8-15-10(2)7-13(9)11-5-3-4-6-12(11)14(16)17/h3-6,9-10,13,15H,7-8H2,1-2H3,(H,16,17). The maximum atomic E-state index is 11.2. The van der Waals surface area contributed by atoms with Crippen molar-refractivity contribution in [2.75, 3.05) is 6.54 Å². The lowest BCUT2D eigenvalue weighted by molar-refractivity contribution is 0.0694. The van der Waals surface area contributed by atoms with Crippen LogP contribution in [0.25, 0.3) is 0 Å². The molecule has 2 rings (SSSR count). The van der Waals surface area contributed by atoms with Gasteiger partial charge in [-0.15, -0.1) is 0 Å². The van der Waals surface area contributed by atoms with Gasteiger partial charge in [0.15, 0.2) is 0 Å². The van der Waals surface area contributed by atoms with Gasteiger partial charge in [-0.2, -0.15) is 0 Å². The van der Waals surface area contributed by atoms with Crippen molar-refractivity contribution < 1.29 is 9.90 Å². The summed E-state index contributed by atoms with van der Waals surface area (Å²) in [6.45, 7) is 5.30. The molecule has 2 N–H and O–H groups in total. The first-order valence-corrected chi connectivity index (χ1v) is 6.15. The van der Waals surface area contributed by atoms with E-state index in [0.717, 1.165) is 18.5 Å². The Bertz CT molecular complexity index is 416. The van der Waals surface area contributed by atoms with Crippen molar-refractivity contribution >= 4 is 5.97 Å². The first-order chi connectivity index (χ1) is 8.09. The summed E-state index contributed by atoms with van der Waals surface area (Å²) in [5.41, 5.74) is 1.44. The quantitative estimate of drug-likeness (QED) is 0.825. The fourth-order valence-electron chi connectivity index (χ4n) is 2.67. The Morgan fingerprint density at radius 3 is 2.76 bits per heavy atom. The molecule has 0 radical (unpaired) electrons. The molecule has 1 aromatic rings. The molecule has 1 saturated heterocycles. The third-order valence-electron chi connectivity index (χ3n) is 3.67. The summed E-state index contributed by atoms with van der Waals surface area (Å²) in [6, 6.07) is 7.85. The van der Waals surface area contributed by atoms with Crippen molar-refractivity contribution in [3.8, 4) is 0 Å². The molecule has 0 aliphatic carbocycles. The van der Waals surface area contributed by atoms with E-state index in [1.54, 1.807) is 12.1 Å². The molecule has 0 bridgehead atoms. The topological polar surface area (TPSA) is 49.3 Å². The molecule has 0 spiro atoms. The fraction of sp³-hybridized carbons (Fsp3) is 0.500. The highest BCUT2D eigenvalue weighted by atomic mass is 16.4. The molecule has 0 aromatic heterocycles. The number of hydrogen-bond donors (Lipinski definition) is 2. The number of hydrogen-bond acceptors (Lipinski definition) is 2. The largest absolute Gasteiger partial charge is 0.478 e. The molecule has 0 saturated carbocycles. The molecule has 1 heterocycles. The molecule has 3 heteroatoms. The van der Waals surface area contributed by atoms with Gasteiger partial charge in [0, 0.05) is 6.04 Å². The van der Waals surface area contributed by atoms with Crippen molar-refractivity contribution in [1.29, 1.82) is 0 Å². The number of nitrogens with one attached hydrogen (secondary N) is 1. The molecule has 3 unspecified atom stereocenters. The highest BCUT2D eigenvalue weighted by Gasteiger charge is 2.28. The second kappa shape index (κ2) is 4.88. The molecular weight excluding hydrogens is 214 g/mol. The minimum Gasteiger partial charge on any atom is -0.478 e. The van der Waals surface area contributed by atoms with Gasteiger partial charge in [-0.1, -0.05) is 25.1 Å². The van der Waals surface area contributed by atoms with E-state index in [9.17, 15) is 9.90 Å². The third kappa shape index (κ3) is 2.50. The van der Waals surface area contributed by atoms with E-state index < -0.39 is 5.97 Å². The second-order valence-corrected chi connectivity index (χ2v) is 5.02. The van der Waals surface area contributed by atoms with Gasteiger partial charge in [0.1, 0.15) is 0 Å². The van der Waals surface area contributed by atoms with E-state index in [1.807, 2.05) is 12.1 Å². The first kappa shape index (κ1) is 12.1. The van der Waals surface area contributed by atoms with Crippen LogP contribution in [0, 0.1) is 5.92 Å². The second-order valence-electron chi connectivity index (χ2n) is 5.02. The Balaban J connectivity index is 2.35. The van der Waals surface area contributed by atoms with Crippen molar-refractivity contribution in [2.24, 2.45) is 5.92 Å². The van der Waals surface area contributed by atoms with Crippen LogP contribution in [0.3, 0.4) is 0 Å². The summed E-state index contributed by atoms with van der Waals surface area (Å²) in [4.78, 5) is 11.2. The lowest BCUT2D eigenvalue weighted by Crippen LogP contribution is -2.40. The molecule has 17 heavy (non-hydrogen) atoms. The van der Waals surface area contributed by atoms with Crippen LogP contribution in [0.5, 0.6) is 0 Å². The molecular formula is C14H19NO2. The Labute approximate surface area is 102 Å². The van der Waals surface area contributed by atoms with Gasteiger partial charge in [0.05, 0.1) is 5.56 Å². The minimum absolute atomic E-state index is 0.346. The van der Waals surface area contributed by atoms with E-state index in [2.05, 4.69) is 19.2 Å². The number of carboxylic acids is 1. The van der Waals surface area contributed by atoms with E-state index in [-0.39, 0.29) is 0 Å². The number of carbonyl (C=O) groups is 1. The average Bonchev–Trinajstić information content (AvgIpc) is 2.32. The minimum atomic E-state index is -0.820. The van der Waals surface area contributed by atoms with Crippen LogP contribution < -0.4 is 5.32 Å². The van der Waals surface area contributed by atoms with Crippen LogP contribution in [-0.4, -0.2) is 23.7 Å². The SMILES string of the molecule is CC1CC(c2ccccc2C(=O)O)C(C)CN1. The Kier molecular flexibility index (Phi) is 3.48. The summed E-state index contributed by atoms with van der Waals surface area (Å²) in [5, 5.41) is 12.7. The number of piperidine rings is 1. The van der Waals surface area contributed by atoms with Gasteiger partial charge in [0.25, 0.3) is 0 Å². The first-order valence-electron chi connectivity index (χ1n) is 6.15. The van der Waals surface area contributed by atoms with Crippen molar-refractivity contribution in [3.05, 3.63) is 35.4 Å². The van der Waals surface area contributed by atoms with Crippen LogP contribution >= 0.6 is 0 Å². The molecule has 1 fully saturated rings. The molecule has 0 amide bonds. The van der Waals surface area contributed by atoms with Gasteiger partial charge >= 0.3 is 5.97 Å². The van der Waals surface area contributed by atoms with Crippen LogP contribution in [0.1, 0.15) is 42.1 Å². The van der Waals surface area contributed by atoms with E-state index in [4.69, 9.17) is 0 Å². The maximum absolute atomic E-state index is 11.2. The summed E-state index contributed by atoms with van der Waals surface area (Å²) >= 11 is 0. The molecule has 3 nitrogen and oxygen atoms in total. The van der Waals surface area contributed by atoms with E-state index >= 15 is 0 Å². The Hall–Kier alpha value is -1.35. The van der Waals surface area contributed by atoms with Gasteiger partial charge in [-0.05, 0) is 43.4 Å². The molecule has 1 aromatic carbocycles. The highest BCUT2D eigenvalue weighted by molar-refractivity contribution is 5.89. The lowest BCUT2D eigenvalue weighted by atomic mass is 9.78. The number of rotatable bonds is 2. The van der Waals surface area contributed by atoms with Crippen LogP contribution in [-0.2, 0) is 0 Å². The molecule has 92 valence electrons. The molecule has 1 aliphatic heterocycles. The number of carboxylic acid groups (broad SMARTS) is 1. The highest BCUT2D eigenvalue weighted by Crippen LogP contribution is 2.34.